The maximum absolute atomic E-state index is 12.7. The molecule has 0 atom stereocenters. The summed E-state index contributed by atoms with van der Waals surface area (Å²) in [5.74, 6) is 0. The molecule has 6 heteroatoms. The van der Waals surface area contributed by atoms with Crippen LogP contribution in [0.3, 0.4) is 0 Å². The summed E-state index contributed by atoms with van der Waals surface area (Å²) in [6.45, 7) is 10.5. The van der Waals surface area contributed by atoms with Gasteiger partial charge in [-0.3, -0.25) is 0 Å². The minimum Gasteiger partial charge on any atom is -0.352 e. The van der Waals surface area contributed by atoms with E-state index < -0.39 is 16.3 Å². The van der Waals surface area contributed by atoms with Crippen LogP contribution in [0.4, 0.5) is 0 Å². The van der Waals surface area contributed by atoms with Gasteiger partial charge in [0.15, 0.2) is 6.29 Å². The number of ether oxygens (including phenoxy) is 2. The van der Waals surface area contributed by atoms with Gasteiger partial charge in [0, 0.05) is 19.8 Å². The van der Waals surface area contributed by atoms with Gasteiger partial charge in [-0.2, -0.15) is 4.31 Å². The number of hydrogen-bond donors (Lipinski definition) is 0. The molecule has 124 valence electrons. The Labute approximate surface area is 133 Å². The van der Waals surface area contributed by atoms with Crippen molar-refractivity contribution < 1.29 is 17.9 Å². The van der Waals surface area contributed by atoms with Gasteiger partial charge in [-0.25, -0.2) is 8.42 Å². The highest BCUT2D eigenvalue weighted by atomic mass is 32.2. The Balaban J connectivity index is 3.01. The molecule has 0 radical (unpaired) electrons. The van der Waals surface area contributed by atoms with E-state index in [1.54, 1.807) is 30.3 Å². The summed E-state index contributed by atoms with van der Waals surface area (Å²) in [6, 6.07) is 6.78. The van der Waals surface area contributed by atoms with E-state index in [1.807, 2.05) is 20.8 Å². The number of benzene rings is 1. The summed E-state index contributed by atoms with van der Waals surface area (Å²) in [4.78, 5) is 0.256. The molecule has 0 spiro atoms. The van der Waals surface area contributed by atoms with Gasteiger partial charge in [0.2, 0.25) is 10.0 Å². The van der Waals surface area contributed by atoms with Crippen LogP contribution in [0, 0.1) is 6.92 Å². The van der Waals surface area contributed by atoms with E-state index in [0.717, 1.165) is 5.56 Å². The smallest absolute Gasteiger partial charge is 0.243 e. The number of rotatable bonds is 10. The first-order valence-electron chi connectivity index (χ1n) is 7.36. The molecule has 5 nitrogen and oxygen atoms in total. The highest BCUT2D eigenvalue weighted by molar-refractivity contribution is 7.89. The third-order valence-corrected chi connectivity index (χ3v) is 4.90. The highest BCUT2D eigenvalue weighted by Crippen LogP contribution is 2.17. The molecular weight excluding hydrogens is 302 g/mol. The molecular formula is C16H25NO4S. The predicted molar refractivity (Wildman–Crippen MR) is 87.2 cm³/mol. The number of hydrogen-bond acceptors (Lipinski definition) is 4. The molecule has 0 fully saturated rings. The Morgan fingerprint density at radius 1 is 1.18 bits per heavy atom. The Hall–Kier alpha value is -1.21. The van der Waals surface area contributed by atoms with E-state index in [2.05, 4.69) is 6.58 Å². The third kappa shape index (κ3) is 5.21. The highest BCUT2D eigenvalue weighted by Gasteiger charge is 2.26. The number of aryl methyl sites for hydroxylation is 1. The summed E-state index contributed by atoms with van der Waals surface area (Å²) >= 11 is 0. The van der Waals surface area contributed by atoms with Crippen molar-refractivity contribution in [1.29, 1.82) is 0 Å². The molecule has 1 rings (SSSR count). The Morgan fingerprint density at radius 3 is 2.18 bits per heavy atom. The summed E-state index contributed by atoms with van der Waals surface area (Å²) in [5.41, 5.74) is 1.01. The molecule has 0 bridgehead atoms. The molecule has 0 amide bonds. The molecule has 0 aliphatic rings. The van der Waals surface area contributed by atoms with Gasteiger partial charge in [-0.15, -0.1) is 6.58 Å². The van der Waals surface area contributed by atoms with Crippen molar-refractivity contribution in [3.05, 3.63) is 42.5 Å². The molecule has 0 saturated heterocycles. The van der Waals surface area contributed by atoms with Crippen LogP contribution in [0.5, 0.6) is 0 Å². The van der Waals surface area contributed by atoms with E-state index in [9.17, 15) is 8.42 Å². The van der Waals surface area contributed by atoms with Gasteiger partial charge in [0.05, 0.1) is 11.4 Å². The quantitative estimate of drug-likeness (QED) is 0.489. The summed E-state index contributed by atoms with van der Waals surface area (Å²) in [6.07, 6.45) is 0.968. The topological polar surface area (TPSA) is 55.8 Å². The largest absolute Gasteiger partial charge is 0.352 e. The van der Waals surface area contributed by atoms with Gasteiger partial charge in [-0.1, -0.05) is 23.8 Å². The number of sulfonamides is 1. The van der Waals surface area contributed by atoms with Crippen LogP contribution >= 0.6 is 0 Å². The van der Waals surface area contributed by atoms with Gasteiger partial charge in [0.1, 0.15) is 0 Å². The third-order valence-electron chi connectivity index (χ3n) is 3.05. The molecule has 1 aromatic rings. The number of nitrogens with zero attached hydrogens (tertiary/aromatic N) is 1. The minimum absolute atomic E-state index is 0.129. The zero-order valence-electron chi connectivity index (χ0n) is 13.5. The van der Waals surface area contributed by atoms with E-state index >= 15 is 0 Å². The first kappa shape index (κ1) is 18.8. The van der Waals surface area contributed by atoms with Crippen LogP contribution in [-0.4, -0.2) is 45.3 Å². The van der Waals surface area contributed by atoms with Crippen molar-refractivity contribution in [2.45, 2.75) is 32.0 Å². The summed E-state index contributed by atoms with van der Waals surface area (Å²) in [5, 5.41) is 0. The fourth-order valence-corrected chi connectivity index (χ4v) is 3.36. The van der Waals surface area contributed by atoms with Gasteiger partial charge < -0.3 is 9.47 Å². The van der Waals surface area contributed by atoms with Crippen molar-refractivity contribution >= 4 is 10.0 Å². The first-order chi connectivity index (χ1) is 10.5. The maximum atomic E-state index is 12.7. The van der Waals surface area contributed by atoms with E-state index in [0.29, 0.717) is 13.2 Å². The maximum Gasteiger partial charge on any atom is 0.243 e. The molecule has 0 unspecified atom stereocenters. The lowest BCUT2D eigenvalue weighted by molar-refractivity contribution is -0.139. The first-order valence-corrected chi connectivity index (χ1v) is 8.80. The second-order valence-corrected chi connectivity index (χ2v) is 6.70. The molecule has 0 aromatic heterocycles. The fourth-order valence-electron chi connectivity index (χ4n) is 1.97. The van der Waals surface area contributed by atoms with E-state index in [-0.39, 0.29) is 18.0 Å². The van der Waals surface area contributed by atoms with Crippen molar-refractivity contribution in [1.82, 2.24) is 4.31 Å². The molecule has 0 saturated carbocycles. The fraction of sp³-hybridized carbons (Fsp3) is 0.500. The van der Waals surface area contributed by atoms with Crippen molar-refractivity contribution in [2.24, 2.45) is 0 Å². The zero-order valence-corrected chi connectivity index (χ0v) is 14.3. The minimum atomic E-state index is -3.61. The van der Waals surface area contributed by atoms with Crippen LogP contribution in [0.1, 0.15) is 19.4 Å². The van der Waals surface area contributed by atoms with Crippen LogP contribution in [0.25, 0.3) is 0 Å². The van der Waals surface area contributed by atoms with Crippen molar-refractivity contribution in [3.8, 4) is 0 Å². The lowest BCUT2D eigenvalue weighted by Gasteiger charge is -2.26. The average Bonchev–Trinajstić information content (AvgIpc) is 2.47. The van der Waals surface area contributed by atoms with Crippen LogP contribution in [0.2, 0.25) is 0 Å². The normalized spacial score (nSPS) is 12.0. The Morgan fingerprint density at radius 2 is 1.73 bits per heavy atom. The molecule has 0 aliphatic heterocycles. The molecule has 1 aromatic carbocycles. The second kappa shape index (κ2) is 9.05. The van der Waals surface area contributed by atoms with Crippen LogP contribution in [0.15, 0.2) is 41.8 Å². The summed E-state index contributed by atoms with van der Waals surface area (Å²) < 4.78 is 37.7. The SMILES string of the molecule is C=CCN(CC(OCC)OCC)S(=O)(=O)c1ccc(C)cc1. The zero-order chi connectivity index (χ0) is 16.6. The Bertz CT molecular complexity index is 548. The predicted octanol–water partition coefficient (Wildman–Crippen LogP) is 2.57. The van der Waals surface area contributed by atoms with Gasteiger partial charge in [0.25, 0.3) is 0 Å². The van der Waals surface area contributed by atoms with E-state index in [1.165, 1.54) is 4.31 Å². The lowest BCUT2D eigenvalue weighted by Crippen LogP contribution is -2.39. The van der Waals surface area contributed by atoms with Crippen LogP contribution in [-0.2, 0) is 19.5 Å². The van der Waals surface area contributed by atoms with Crippen LogP contribution < -0.4 is 0 Å². The molecule has 0 N–H and O–H groups in total. The summed E-state index contributed by atoms with van der Waals surface area (Å²) in [7, 11) is -3.61. The van der Waals surface area contributed by atoms with E-state index in [4.69, 9.17) is 9.47 Å². The van der Waals surface area contributed by atoms with Crippen molar-refractivity contribution in [3.63, 3.8) is 0 Å². The molecule has 0 heterocycles. The second-order valence-electron chi connectivity index (χ2n) is 4.76. The standard InChI is InChI=1S/C16H25NO4S/c1-5-12-17(13-16(20-6-2)21-7-3)22(18,19)15-10-8-14(4)9-11-15/h5,8-11,16H,1,6-7,12-13H2,2-4H3. The lowest BCUT2D eigenvalue weighted by atomic mass is 10.2. The van der Waals surface area contributed by atoms with Crippen molar-refractivity contribution in [2.75, 3.05) is 26.3 Å². The average molecular weight is 327 g/mol. The molecule has 22 heavy (non-hydrogen) atoms. The van der Waals surface area contributed by atoms with Gasteiger partial charge in [-0.05, 0) is 32.9 Å². The molecule has 0 aliphatic carbocycles. The monoisotopic (exact) mass is 327 g/mol. The Kier molecular flexibility index (Phi) is 7.75. The van der Waals surface area contributed by atoms with Gasteiger partial charge >= 0.3 is 0 Å².